The van der Waals surface area contributed by atoms with E-state index in [1.807, 2.05) is 24.3 Å². The zero-order valence-corrected chi connectivity index (χ0v) is 16.3. The molecule has 0 saturated carbocycles. The van der Waals surface area contributed by atoms with Crippen LogP contribution in [-0.4, -0.2) is 32.3 Å². The Balaban J connectivity index is 1.67. The molecule has 0 N–H and O–H groups in total. The zero-order chi connectivity index (χ0) is 18.6. The van der Waals surface area contributed by atoms with Crippen LogP contribution in [0.4, 0.5) is 5.82 Å². The molecule has 0 aliphatic carbocycles. The summed E-state index contributed by atoms with van der Waals surface area (Å²) in [6, 6.07) is 14.7. The molecule has 1 saturated heterocycles. The van der Waals surface area contributed by atoms with E-state index in [0.29, 0.717) is 16.6 Å². The molecule has 0 spiro atoms. The number of hydrogen-bond donors (Lipinski definition) is 0. The molecule has 0 amide bonds. The first-order chi connectivity index (χ1) is 13.2. The summed E-state index contributed by atoms with van der Waals surface area (Å²) in [5.74, 6) is 1.78. The third kappa shape index (κ3) is 4.34. The van der Waals surface area contributed by atoms with E-state index in [1.54, 1.807) is 30.5 Å². The predicted molar refractivity (Wildman–Crippen MR) is 108 cm³/mol. The normalized spacial score (nSPS) is 15.1. The number of rotatable bonds is 5. The summed E-state index contributed by atoms with van der Waals surface area (Å²) in [4.78, 5) is 16.7. The van der Waals surface area contributed by atoms with E-state index in [2.05, 4.69) is 14.9 Å². The standard InChI is InChI=1S/C20H19ClN4OS/c21-15-6-8-17(9-7-15)27(26)14-16-13-19(25-11-3-4-12-25)24-20(23-16)18-5-1-2-10-22-18/h1-2,5-10,13H,3-4,11-12,14H2/t27-/m0/s1. The molecule has 1 atom stereocenters. The van der Waals surface area contributed by atoms with Crippen LogP contribution in [0.5, 0.6) is 0 Å². The lowest BCUT2D eigenvalue weighted by Crippen LogP contribution is -2.20. The van der Waals surface area contributed by atoms with Gasteiger partial charge in [0.1, 0.15) is 11.5 Å². The largest absolute Gasteiger partial charge is 0.356 e. The second-order valence-corrected chi connectivity index (χ2v) is 8.28. The molecule has 5 nitrogen and oxygen atoms in total. The molecule has 0 bridgehead atoms. The van der Waals surface area contributed by atoms with E-state index in [4.69, 9.17) is 16.6 Å². The Hall–Kier alpha value is -2.31. The van der Waals surface area contributed by atoms with E-state index < -0.39 is 10.8 Å². The number of hydrogen-bond acceptors (Lipinski definition) is 5. The molecule has 0 radical (unpaired) electrons. The van der Waals surface area contributed by atoms with Gasteiger partial charge in [0, 0.05) is 35.3 Å². The van der Waals surface area contributed by atoms with Crippen LogP contribution in [0.1, 0.15) is 18.5 Å². The minimum absolute atomic E-state index is 0.324. The molecule has 3 heterocycles. The van der Waals surface area contributed by atoms with Crippen LogP contribution in [0.2, 0.25) is 5.02 Å². The molecule has 138 valence electrons. The molecule has 27 heavy (non-hydrogen) atoms. The summed E-state index contributed by atoms with van der Waals surface area (Å²) in [6.45, 7) is 1.97. The molecule has 1 aliphatic rings. The Kier molecular flexibility index (Phi) is 5.45. The highest BCUT2D eigenvalue weighted by atomic mass is 35.5. The third-order valence-corrected chi connectivity index (χ3v) is 6.05. The number of anilines is 1. The summed E-state index contributed by atoms with van der Waals surface area (Å²) in [7, 11) is -1.20. The average molecular weight is 399 g/mol. The van der Waals surface area contributed by atoms with Gasteiger partial charge in [-0.3, -0.25) is 9.19 Å². The van der Waals surface area contributed by atoms with Gasteiger partial charge in [-0.1, -0.05) is 17.7 Å². The smallest absolute Gasteiger partial charge is 0.180 e. The van der Waals surface area contributed by atoms with Gasteiger partial charge in [-0.25, -0.2) is 9.97 Å². The van der Waals surface area contributed by atoms with Crippen molar-refractivity contribution >= 4 is 28.2 Å². The predicted octanol–water partition coefficient (Wildman–Crippen LogP) is 4.10. The first kappa shape index (κ1) is 18.1. The van der Waals surface area contributed by atoms with Crippen LogP contribution in [0.25, 0.3) is 11.5 Å². The van der Waals surface area contributed by atoms with E-state index in [1.165, 1.54) is 0 Å². The number of benzene rings is 1. The maximum atomic E-state index is 12.8. The first-order valence-corrected chi connectivity index (χ1v) is 10.6. The fraction of sp³-hybridized carbons (Fsp3) is 0.250. The molecule has 7 heteroatoms. The summed E-state index contributed by atoms with van der Waals surface area (Å²) in [5.41, 5.74) is 1.47. The lowest BCUT2D eigenvalue weighted by atomic mass is 10.3. The molecule has 1 aliphatic heterocycles. The second-order valence-electron chi connectivity index (χ2n) is 6.39. The van der Waals surface area contributed by atoms with Crippen molar-refractivity contribution < 1.29 is 4.21 Å². The Labute approximate surface area is 165 Å². The summed E-state index contributed by atoms with van der Waals surface area (Å²) in [5, 5.41) is 0.631. The van der Waals surface area contributed by atoms with Gasteiger partial charge in [0.2, 0.25) is 0 Å². The topological polar surface area (TPSA) is 59.0 Å². The Morgan fingerprint density at radius 2 is 1.81 bits per heavy atom. The molecular weight excluding hydrogens is 380 g/mol. The van der Waals surface area contributed by atoms with Crippen LogP contribution in [0, 0.1) is 0 Å². The number of nitrogens with zero attached hydrogens (tertiary/aromatic N) is 4. The average Bonchev–Trinajstić information content (AvgIpc) is 3.24. The van der Waals surface area contributed by atoms with Gasteiger partial charge < -0.3 is 4.90 Å². The lowest BCUT2D eigenvalue weighted by molar-refractivity contribution is 0.682. The number of pyridine rings is 1. The number of halogens is 1. The lowest BCUT2D eigenvalue weighted by Gasteiger charge is -2.18. The maximum Gasteiger partial charge on any atom is 0.180 e. The third-order valence-electron chi connectivity index (χ3n) is 4.45. The summed E-state index contributed by atoms with van der Waals surface area (Å²) < 4.78 is 12.8. The minimum atomic E-state index is -1.20. The van der Waals surface area contributed by atoms with Gasteiger partial charge in [0.05, 0.1) is 22.2 Å². The molecule has 1 fully saturated rings. The Bertz CT molecular complexity index is 944. The van der Waals surface area contributed by atoms with Crippen LogP contribution >= 0.6 is 11.6 Å². The minimum Gasteiger partial charge on any atom is -0.356 e. The van der Waals surface area contributed by atoms with Crippen molar-refractivity contribution in [3.63, 3.8) is 0 Å². The monoisotopic (exact) mass is 398 g/mol. The van der Waals surface area contributed by atoms with Gasteiger partial charge in [-0.2, -0.15) is 0 Å². The Morgan fingerprint density at radius 1 is 1.04 bits per heavy atom. The van der Waals surface area contributed by atoms with Gasteiger partial charge >= 0.3 is 0 Å². The van der Waals surface area contributed by atoms with Crippen LogP contribution < -0.4 is 4.90 Å². The maximum absolute atomic E-state index is 12.8. The zero-order valence-electron chi connectivity index (χ0n) is 14.7. The van der Waals surface area contributed by atoms with Crippen molar-refractivity contribution in [1.82, 2.24) is 15.0 Å². The van der Waals surface area contributed by atoms with Crippen molar-refractivity contribution in [2.24, 2.45) is 0 Å². The van der Waals surface area contributed by atoms with Gasteiger partial charge in [-0.05, 0) is 49.2 Å². The quantitative estimate of drug-likeness (QED) is 0.647. The highest BCUT2D eigenvalue weighted by Gasteiger charge is 2.18. The van der Waals surface area contributed by atoms with E-state index in [0.717, 1.165) is 48.0 Å². The second kappa shape index (κ2) is 8.15. The fourth-order valence-corrected chi connectivity index (χ4v) is 4.23. The van der Waals surface area contributed by atoms with Crippen molar-refractivity contribution in [1.29, 1.82) is 0 Å². The van der Waals surface area contributed by atoms with Crippen molar-refractivity contribution in [3.8, 4) is 11.5 Å². The Morgan fingerprint density at radius 3 is 2.52 bits per heavy atom. The SMILES string of the molecule is O=[S@@](Cc1cc(N2CCCC2)nc(-c2ccccn2)n1)c1ccc(Cl)cc1. The van der Waals surface area contributed by atoms with E-state index in [9.17, 15) is 4.21 Å². The van der Waals surface area contributed by atoms with Gasteiger partial charge in [0.15, 0.2) is 5.82 Å². The first-order valence-electron chi connectivity index (χ1n) is 8.87. The molecule has 1 aromatic carbocycles. The van der Waals surface area contributed by atoms with Crippen LogP contribution in [0.3, 0.4) is 0 Å². The van der Waals surface area contributed by atoms with E-state index >= 15 is 0 Å². The van der Waals surface area contributed by atoms with Gasteiger partial charge in [-0.15, -0.1) is 0 Å². The summed E-state index contributed by atoms with van der Waals surface area (Å²) >= 11 is 5.93. The van der Waals surface area contributed by atoms with Crippen LogP contribution in [-0.2, 0) is 16.6 Å². The van der Waals surface area contributed by atoms with Crippen LogP contribution in [0.15, 0.2) is 59.6 Å². The van der Waals surface area contributed by atoms with Crippen molar-refractivity contribution in [3.05, 3.63) is 65.4 Å². The molecule has 0 unspecified atom stereocenters. The molecule has 2 aromatic heterocycles. The summed E-state index contributed by atoms with van der Waals surface area (Å²) in [6.07, 6.45) is 4.05. The fourth-order valence-electron chi connectivity index (χ4n) is 3.08. The number of aromatic nitrogens is 3. The van der Waals surface area contributed by atoms with Crippen molar-refractivity contribution in [2.75, 3.05) is 18.0 Å². The highest BCUT2D eigenvalue weighted by Crippen LogP contribution is 2.24. The van der Waals surface area contributed by atoms with Crippen molar-refractivity contribution in [2.45, 2.75) is 23.5 Å². The molecule has 3 aromatic rings. The molecular formula is C20H19ClN4OS. The molecule has 4 rings (SSSR count). The van der Waals surface area contributed by atoms with E-state index in [-0.39, 0.29) is 0 Å². The highest BCUT2D eigenvalue weighted by molar-refractivity contribution is 7.84. The van der Waals surface area contributed by atoms with Gasteiger partial charge in [0.25, 0.3) is 0 Å².